The van der Waals surface area contributed by atoms with Crippen LogP contribution in [0, 0.1) is 17.7 Å². The van der Waals surface area contributed by atoms with Gasteiger partial charge in [-0.3, -0.25) is 0 Å². The predicted molar refractivity (Wildman–Crippen MR) is 81.1 cm³/mol. The minimum absolute atomic E-state index is 0.0249. The van der Waals surface area contributed by atoms with E-state index in [-0.39, 0.29) is 11.9 Å². The molecule has 19 heavy (non-hydrogen) atoms. The third-order valence-electron chi connectivity index (χ3n) is 2.81. The van der Waals surface area contributed by atoms with E-state index in [2.05, 4.69) is 48.9 Å². The fourth-order valence-electron chi connectivity index (χ4n) is 1.66. The minimum atomic E-state index is -0.282. The molecule has 0 fully saturated rings. The lowest BCUT2D eigenvalue weighted by Crippen LogP contribution is -2.37. The Balaban J connectivity index is 2.64. The fourth-order valence-corrected chi connectivity index (χ4v) is 2.00. The number of hydrogen-bond acceptors (Lipinski definition) is 2. The number of hydrogen-bond donors (Lipinski definition) is 1. The van der Waals surface area contributed by atoms with Crippen molar-refractivity contribution in [3.8, 4) is 5.75 Å². The molecule has 0 aliphatic rings. The van der Waals surface area contributed by atoms with Crippen molar-refractivity contribution in [1.29, 1.82) is 0 Å². The van der Waals surface area contributed by atoms with Crippen LogP contribution in [-0.4, -0.2) is 19.2 Å². The molecule has 1 N–H and O–H groups in total. The number of benzene rings is 1. The van der Waals surface area contributed by atoms with Crippen molar-refractivity contribution in [1.82, 2.24) is 5.32 Å². The van der Waals surface area contributed by atoms with Crippen molar-refractivity contribution in [2.75, 3.05) is 13.1 Å². The van der Waals surface area contributed by atoms with Gasteiger partial charge in [0.25, 0.3) is 0 Å². The Bertz CT molecular complexity index is 396. The normalized spacial score (nSPS) is 13.1. The van der Waals surface area contributed by atoms with E-state index in [4.69, 9.17) is 4.74 Å². The van der Waals surface area contributed by atoms with Crippen LogP contribution in [0.15, 0.2) is 22.7 Å². The summed E-state index contributed by atoms with van der Waals surface area (Å²) in [5.74, 6) is 1.24. The second-order valence-corrected chi connectivity index (χ2v) is 6.38. The summed E-state index contributed by atoms with van der Waals surface area (Å²) in [5.41, 5.74) is 0. The van der Waals surface area contributed by atoms with Gasteiger partial charge in [0, 0.05) is 12.6 Å². The molecule has 0 heterocycles. The van der Waals surface area contributed by atoms with Crippen LogP contribution >= 0.6 is 15.9 Å². The van der Waals surface area contributed by atoms with Gasteiger partial charge in [0.1, 0.15) is 17.7 Å². The number of nitrogens with one attached hydrogen (secondary N) is 1. The van der Waals surface area contributed by atoms with Crippen molar-refractivity contribution in [2.45, 2.75) is 33.8 Å². The molecule has 1 aromatic rings. The summed E-state index contributed by atoms with van der Waals surface area (Å²) < 4.78 is 19.9. The number of ether oxygens (including phenoxy) is 1. The van der Waals surface area contributed by atoms with E-state index in [9.17, 15) is 4.39 Å². The molecule has 0 saturated heterocycles. The third kappa shape index (κ3) is 5.91. The maximum atomic E-state index is 13.2. The monoisotopic (exact) mass is 331 g/mol. The zero-order valence-electron chi connectivity index (χ0n) is 12.0. The van der Waals surface area contributed by atoms with Crippen LogP contribution in [0.3, 0.4) is 0 Å². The lowest BCUT2D eigenvalue weighted by Gasteiger charge is -2.24. The molecule has 4 heteroatoms. The van der Waals surface area contributed by atoms with Crippen LogP contribution < -0.4 is 10.1 Å². The van der Waals surface area contributed by atoms with Crippen LogP contribution in [0.4, 0.5) is 4.39 Å². The Morgan fingerprint density at radius 1 is 1.21 bits per heavy atom. The average molecular weight is 332 g/mol. The molecule has 0 spiro atoms. The second kappa shape index (κ2) is 7.85. The molecular formula is C15H23BrFNO. The quantitative estimate of drug-likeness (QED) is 0.806. The smallest absolute Gasteiger partial charge is 0.136 e. The summed E-state index contributed by atoms with van der Waals surface area (Å²) in [6.45, 7) is 10.3. The van der Waals surface area contributed by atoms with Crippen LogP contribution in [0.5, 0.6) is 5.75 Å². The largest absolute Gasteiger partial charge is 0.488 e. The molecule has 0 radical (unpaired) electrons. The zero-order valence-corrected chi connectivity index (χ0v) is 13.6. The van der Waals surface area contributed by atoms with Gasteiger partial charge in [-0.25, -0.2) is 4.39 Å². The van der Waals surface area contributed by atoms with Gasteiger partial charge in [0.15, 0.2) is 0 Å². The Labute approximate surface area is 123 Å². The van der Waals surface area contributed by atoms with E-state index in [0.717, 1.165) is 17.6 Å². The standard InChI is InChI=1S/C15H23BrFNO/c1-10(2)8-18-9-15(11(3)4)19-14-7-12(17)5-6-13(14)16/h5-7,10-11,15,18H,8-9H2,1-4H3. The summed E-state index contributed by atoms with van der Waals surface area (Å²) >= 11 is 3.39. The Morgan fingerprint density at radius 3 is 2.47 bits per heavy atom. The molecule has 0 aliphatic carbocycles. The zero-order chi connectivity index (χ0) is 14.4. The lowest BCUT2D eigenvalue weighted by molar-refractivity contribution is 0.146. The maximum absolute atomic E-state index is 13.2. The van der Waals surface area contributed by atoms with Gasteiger partial charge < -0.3 is 10.1 Å². The van der Waals surface area contributed by atoms with Gasteiger partial charge >= 0.3 is 0 Å². The average Bonchev–Trinajstić information content (AvgIpc) is 2.31. The van der Waals surface area contributed by atoms with Gasteiger partial charge in [0.05, 0.1) is 4.47 Å². The Hall–Kier alpha value is -0.610. The molecule has 1 rings (SSSR count). The molecule has 1 atom stereocenters. The Morgan fingerprint density at radius 2 is 1.89 bits per heavy atom. The molecule has 1 aromatic carbocycles. The van der Waals surface area contributed by atoms with Crippen LogP contribution in [0.1, 0.15) is 27.7 Å². The molecule has 0 saturated carbocycles. The molecular weight excluding hydrogens is 309 g/mol. The highest BCUT2D eigenvalue weighted by Crippen LogP contribution is 2.27. The first kappa shape index (κ1) is 16.4. The van der Waals surface area contributed by atoms with Crippen molar-refractivity contribution >= 4 is 15.9 Å². The first-order valence-corrected chi connectivity index (χ1v) is 7.52. The molecule has 108 valence electrons. The van der Waals surface area contributed by atoms with Gasteiger partial charge in [0.2, 0.25) is 0 Å². The number of rotatable bonds is 7. The molecule has 1 unspecified atom stereocenters. The number of halogens is 2. The van der Waals surface area contributed by atoms with E-state index in [1.54, 1.807) is 6.07 Å². The van der Waals surface area contributed by atoms with Crippen LogP contribution in [0.25, 0.3) is 0 Å². The van der Waals surface area contributed by atoms with Crippen molar-refractivity contribution in [2.24, 2.45) is 11.8 Å². The minimum Gasteiger partial charge on any atom is -0.488 e. The Kier molecular flexibility index (Phi) is 6.80. The summed E-state index contributed by atoms with van der Waals surface area (Å²) in [6, 6.07) is 4.50. The second-order valence-electron chi connectivity index (χ2n) is 5.53. The first-order chi connectivity index (χ1) is 8.90. The maximum Gasteiger partial charge on any atom is 0.136 e. The van der Waals surface area contributed by atoms with Gasteiger partial charge in [-0.15, -0.1) is 0 Å². The third-order valence-corrected chi connectivity index (χ3v) is 3.47. The summed E-state index contributed by atoms with van der Waals surface area (Å²) in [7, 11) is 0. The summed E-state index contributed by atoms with van der Waals surface area (Å²) in [4.78, 5) is 0. The van der Waals surface area contributed by atoms with E-state index in [1.807, 2.05) is 0 Å². The molecule has 0 aromatic heterocycles. The first-order valence-electron chi connectivity index (χ1n) is 6.72. The molecule has 0 bridgehead atoms. The van der Waals surface area contributed by atoms with Crippen LogP contribution in [-0.2, 0) is 0 Å². The molecule has 0 amide bonds. The van der Waals surface area contributed by atoms with Gasteiger partial charge in [-0.05, 0) is 46.4 Å². The predicted octanol–water partition coefficient (Wildman–Crippen LogP) is 4.24. The van der Waals surface area contributed by atoms with E-state index in [1.165, 1.54) is 12.1 Å². The SMILES string of the molecule is CC(C)CNCC(Oc1cc(F)ccc1Br)C(C)C. The van der Waals surface area contributed by atoms with Crippen molar-refractivity contribution < 1.29 is 9.13 Å². The topological polar surface area (TPSA) is 21.3 Å². The van der Waals surface area contributed by atoms with Gasteiger partial charge in [-0.2, -0.15) is 0 Å². The highest BCUT2D eigenvalue weighted by molar-refractivity contribution is 9.10. The van der Waals surface area contributed by atoms with E-state index < -0.39 is 0 Å². The lowest BCUT2D eigenvalue weighted by atomic mass is 10.1. The fraction of sp³-hybridized carbons (Fsp3) is 0.600. The van der Waals surface area contributed by atoms with Gasteiger partial charge in [-0.1, -0.05) is 27.7 Å². The van der Waals surface area contributed by atoms with Crippen molar-refractivity contribution in [3.63, 3.8) is 0 Å². The van der Waals surface area contributed by atoms with Crippen LogP contribution in [0.2, 0.25) is 0 Å². The van der Waals surface area contributed by atoms with E-state index >= 15 is 0 Å². The highest BCUT2D eigenvalue weighted by Gasteiger charge is 2.16. The summed E-state index contributed by atoms with van der Waals surface area (Å²) in [6.07, 6.45) is 0.0249. The highest BCUT2D eigenvalue weighted by atomic mass is 79.9. The summed E-state index contributed by atoms with van der Waals surface area (Å²) in [5, 5.41) is 3.39. The van der Waals surface area contributed by atoms with Crippen molar-refractivity contribution in [3.05, 3.63) is 28.5 Å². The molecule has 2 nitrogen and oxygen atoms in total. The van der Waals surface area contributed by atoms with E-state index in [0.29, 0.717) is 17.6 Å². The molecule has 0 aliphatic heterocycles.